The molecule has 2 rings (SSSR count). The van der Waals surface area contributed by atoms with E-state index in [-0.39, 0.29) is 36.1 Å². The van der Waals surface area contributed by atoms with Crippen molar-refractivity contribution in [2.45, 2.75) is 65.0 Å². The van der Waals surface area contributed by atoms with Crippen molar-refractivity contribution in [3.8, 4) is 0 Å². The van der Waals surface area contributed by atoms with Crippen molar-refractivity contribution in [2.75, 3.05) is 59.7 Å². The van der Waals surface area contributed by atoms with Crippen molar-refractivity contribution in [3.63, 3.8) is 0 Å². The first-order valence-corrected chi connectivity index (χ1v) is 11.4. The molecule has 1 saturated heterocycles. The van der Waals surface area contributed by atoms with Crippen molar-refractivity contribution < 1.29 is 19.0 Å². The molecule has 1 aliphatic carbocycles. The van der Waals surface area contributed by atoms with Crippen molar-refractivity contribution in [3.05, 3.63) is 0 Å². The Hall–Kier alpha value is -0.810. The van der Waals surface area contributed by atoms with Crippen molar-refractivity contribution >= 4 is 36.0 Å². The van der Waals surface area contributed by atoms with Crippen LogP contribution in [0.2, 0.25) is 0 Å². The van der Waals surface area contributed by atoms with Crippen LogP contribution in [-0.2, 0) is 14.2 Å². The molecule has 0 aromatic heterocycles. The summed E-state index contributed by atoms with van der Waals surface area (Å²) in [6, 6.07) is 0.233. The predicted octanol–water partition coefficient (Wildman–Crippen LogP) is 3.34. The standard InChI is InChI=1S/C22H42N4O4.HI/c1-6-23-20(24-11-14-29-16-15-28-5)25-12-9-19(10-13-25)26(17-18-7-8-18)21(27)30-22(2,3)4;/h18-19H,6-17H2,1-5H3,(H,23,24);1H. The van der Waals surface area contributed by atoms with Gasteiger partial charge in [-0.2, -0.15) is 0 Å². The first-order chi connectivity index (χ1) is 14.3. The molecule has 0 unspecified atom stereocenters. The third kappa shape index (κ3) is 11.1. The molecule has 1 amide bonds. The zero-order chi connectivity index (χ0) is 22.0. The molecule has 0 radical (unpaired) electrons. The fourth-order valence-electron chi connectivity index (χ4n) is 3.55. The summed E-state index contributed by atoms with van der Waals surface area (Å²) in [7, 11) is 1.67. The molecule has 8 nitrogen and oxygen atoms in total. The number of ether oxygens (including phenoxy) is 3. The fraction of sp³-hybridized carbons (Fsp3) is 0.909. The molecule has 0 aromatic rings. The second-order valence-electron chi connectivity index (χ2n) is 9.14. The maximum atomic E-state index is 12.8. The Morgan fingerprint density at radius 3 is 2.35 bits per heavy atom. The normalized spacial score (nSPS) is 17.8. The number of guanidine groups is 1. The van der Waals surface area contributed by atoms with Gasteiger partial charge >= 0.3 is 6.09 Å². The van der Waals surface area contributed by atoms with Gasteiger partial charge in [0.25, 0.3) is 0 Å². The van der Waals surface area contributed by atoms with Gasteiger partial charge in [-0.1, -0.05) is 0 Å². The Kier molecular flexibility index (Phi) is 13.1. The summed E-state index contributed by atoms with van der Waals surface area (Å²) in [6.07, 6.45) is 4.15. The van der Waals surface area contributed by atoms with Crippen molar-refractivity contribution in [1.82, 2.24) is 15.1 Å². The lowest BCUT2D eigenvalue weighted by Gasteiger charge is -2.40. The van der Waals surface area contributed by atoms with Crippen LogP contribution in [0.5, 0.6) is 0 Å². The van der Waals surface area contributed by atoms with Gasteiger partial charge in [0.15, 0.2) is 5.96 Å². The molecule has 0 aromatic carbocycles. The summed E-state index contributed by atoms with van der Waals surface area (Å²) in [5.41, 5.74) is -0.463. The number of rotatable bonds is 10. The number of aliphatic imine (C=N–C) groups is 1. The average Bonchev–Trinajstić information content (AvgIpc) is 3.51. The van der Waals surface area contributed by atoms with E-state index in [9.17, 15) is 4.79 Å². The first kappa shape index (κ1) is 28.2. The minimum atomic E-state index is -0.463. The molecule has 182 valence electrons. The Bertz CT molecular complexity index is 544. The topological polar surface area (TPSA) is 75.6 Å². The Morgan fingerprint density at radius 1 is 1.13 bits per heavy atom. The highest BCUT2D eigenvalue weighted by molar-refractivity contribution is 14.0. The molecule has 2 aliphatic rings. The smallest absolute Gasteiger partial charge is 0.410 e. The van der Waals surface area contributed by atoms with Crippen LogP contribution in [0.4, 0.5) is 4.79 Å². The zero-order valence-electron chi connectivity index (χ0n) is 20.0. The zero-order valence-corrected chi connectivity index (χ0v) is 22.4. The van der Waals surface area contributed by atoms with E-state index in [2.05, 4.69) is 17.1 Å². The van der Waals surface area contributed by atoms with E-state index in [1.165, 1.54) is 12.8 Å². The lowest BCUT2D eigenvalue weighted by molar-refractivity contribution is 0.00927. The molecule has 1 N–H and O–H groups in total. The minimum Gasteiger partial charge on any atom is -0.444 e. The number of carbonyl (C=O) groups is 1. The van der Waals surface area contributed by atoms with Crippen LogP contribution in [0.25, 0.3) is 0 Å². The highest BCUT2D eigenvalue weighted by Gasteiger charge is 2.35. The van der Waals surface area contributed by atoms with E-state index >= 15 is 0 Å². The summed E-state index contributed by atoms with van der Waals surface area (Å²) >= 11 is 0. The molecular formula is C22H43IN4O4. The summed E-state index contributed by atoms with van der Waals surface area (Å²) in [4.78, 5) is 21.8. The van der Waals surface area contributed by atoms with Crippen LogP contribution in [0.15, 0.2) is 4.99 Å². The number of methoxy groups -OCH3 is 1. The number of nitrogens with zero attached hydrogens (tertiary/aromatic N) is 3. The maximum absolute atomic E-state index is 12.8. The summed E-state index contributed by atoms with van der Waals surface area (Å²) in [5.74, 6) is 1.57. The van der Waals surface area contributed by atoms with E-state index in [4.69, 9.17) is 19.2 Å². The molecule has 1 heterocycles. The number of likely N-dealkylation sites (tertiary alicyclic amines) is 1. The quantitative estimate of drug-likeness (QED) is 0.193. The first-order valence-electron chi connectivity index (χ1n) is 11.4. The number of hydrogen-bond acceptors (Lipinski definition) is 5. The monoisotopic (exact) mass is 554 g/mol. The van der Waals surface area contributed by atoms with E-state index in [1.807, 2.05) is 25.7 Å². The molecule has 9 heteroatoms. The number of halogens is 1. The van der Waals surface area contributed by atoms with Gasteiger partial charge in [0, 0.05) is 39.3 Å². The number of carbonyl (C=O) groups excluding carboxylic acids is 1. The molecule has 0 bridgehead atoms. The molecule has 2 fully saturated rings. The number of nitrogens with one attached hydrogen (secondary N) is 1. The lowest BCUT2D eigenvalue weighted by Crippen LogP contribution is -2.52. The fourth-order valence-corrected chi connectivity index (χ4v) is 3.55. The SMILES string of the molecule is CCNC(=NCCOCCOC)N1CCC(N(CC2CC2)C(=O)OC(C)(C)C)CC1.I. The summed E-state index contributed by atoms with van der Waals surface area (Å²) in [6.45, 7) is 13.7. The van der Waals surface area contributed by atoms with Crippen LogP contribution in [0.1, 0.15) is 53.4 Å². The lowest BCUT2D eigenvalue weighted by atomic mass is 10.0. The van der Waals surface area contributed by atoms with Crippen LogP contribution in [-0.4, -0.2) is 93.1 Å². The number of amides is 1. The van der Waals surface area contributed by atoms with E-state index in [0.29, 0.717) is 32.3 Å². The van der Waals surface area contributed by atoms with E-state index in [1.54, 1.807) is 7.11 Å². The van der Waals surface area contributed by atoms with Gasteiger partial charge in [-0.15, -0.1) is 24.0 Å². The highest BCUT2D eigenvalue weighted by Crippen LogP contribution is 2.32. The van der Waals surface area contributed by atoms with Gasteiger partial charge in [0.1, 0.15) is 5.60 Å². The summed E-state index contributed by atoms with van der Waals surface area (Å²) < 4.78 is 16.2. The van der Waals surface area contributed by atoms with Gasteiger partial charge in [-0.05, 0) is 59.3 Å². The van der Waals surface area contributed by atoms with Gasteiger partial charge in [0.05, 0.1) is 26.4 Å². The second-order valence-corrected chi connectivity index (χ2v) is 9.14. The van der Waals surface area contributed by atoms with Gasteiger partial charge < -0.3 is 29.3 Å². The molecule has 1 saturated carbocycles. The van der Waals surface area contributed by atoms with Crippen LogP contribution in [0, 0.1) is 5.92 Å². The molecule has 0 spiro atoms. The van der Waals surface area contributed by atoms with Crippen molar-refractivity contribution in [2.24, 2.45) is 10.9 Å². The third-order valence-corrected chi connectivity index (χ3v) is 5.25. The van der Waals surface area contributed by atoms with Crippen LogP contribution in [0.3, 0.4) is 0 Å². The Balaban J connectivity index is 0.00000480. The largest absolute Gasteiger partial charge is 0.444 e. The van der Waals surface area contributed by atoms with Gasteiger partial charge in [-0.3, -0.25) is 4.99 Å². The number of hydrogen-bond donors (Lipinski definition) is 1. The van der Waals surface area contributed by atoms with E-state index in [0.717, 1.165) is 45.0 Å². The molecular weight excluding hydrogens is 511 g/mol. The average molecular weight is 555 g/mol. The van der Waals surface area contributed by atoms with Gasteiger partial charge in [0.2, 0.25) is 0 Å². The molecule has 0 atom stereocenters. The van der Waals surface area contributed by atoms with Gasteiger partial charge in [-0.25, -0.2) is 4.79 Å². The maximum Gasteiger partial charge on any atom is 0.410 e. The highest BCUT2D eigenvalue weighted by atomic mass is 127. The third-order valence-electron chi connectivity index (χ3n) is 5.25. The molecule has 31 heavy (non-hydrogen) atoms. The molecule has 1 aliphatic heterocycles. The van der Waals surface area contributed by atoms with E-state index < -0.39 is 5.60 Å². The minimum absolute atomic E-state index is 0. The number of piperidine rings is 1. The summed E-state index contributed by atoms with van der Waals surface area (Å²) in [5, 5.41) is 3.38. The van der Waals surface area contributed by atoms with Crippen molar-refractivity contribution in [1.29, 1.82) is 0 Å². The Morgan fingerprint density at radius 2 is 1.81 bits per heavy atom. The Labute approximate surface area is 205 Å². The second kappa shape index (κ2) is 14.4. The van der Waals surface area contributed by atoms with Crippen LogP contribution >= 0.6 is 24.0 Å². The predicted molar refractivity (Wildman–Crippen MR) is 134 cm³/mol. The van der Waals surface area contributed by atoms with Crippen LogP contribution < -0.4 is 5.32 Å².